The number of benzene rings is 1. The fraction of sp³-hybridized carbons (Fsp3) is 0.294. The highest BCUT2D eigenvalue weighted by Crippen LogP contribution is 2.26. The number of nitrogen functional groups attached to an aromatic ring is 1. The van der Waals surface area contributed by atoms with Crippen molar-refractivity contribution in [3.05, 3.63) is 40.9 Å². The molecule has 0 saturated carbocycles. The summed E-state index contributed by atoms with van der Waals surface area (Å²) in [6.45, 7) is 0.345. The van der Waals surface area contributed by atoms with E-state index in [2.05, 4.69) is 10.3 Å². The van der Waals surface area contributed by atoms with E-state index in [4.69, 9.17) is 15.6 Å². The number of halogens is 5. The molecule has 1 aromatic heterocycles. The number of nitrogens with zero attached hydrogens (tertiary/aromatic N) is 2. The molecule has 1 fully saturated rings. The Morgan fingerprint density at radius 3 is 2.45 bits per heavy atom. The second kappa shape index (κ2) is 9.68. The average molecular weight is 466 g/mol. The van der Waals surface area contributed by atoms with Crippen LogP contribution in [0.3, 0.4) is 0 Å². The predicted molar refractivity (Wildman–Crippen MR) is 98.9 cm³/mol. The summed E-state index contributed by atoms with van der Waals surface area (Å²) in [7, 11) is 0. The van der Waals surface area contributed by atoms with Gasteiger partial charge in [0.1, 0.15) is 0 Å². The Balaban J connectivity index is 0.000000423. The van der Waals surface area contributed by atoms with Gasteiger partial charge in [-0.15, -0.1) is 11.3 Å². The number of thiazole rings is 1. The Bertz CT molecular complexity index is 982. The molecule has 1 unspecified atom stereocenters. The van der Waals surface area contributed by atoms with Gasteiger partial charge in [0, 0.05) is 30.1 Å². The van der Waals surface area contributed by atoms with Crippen LogP contribution in [0.15, 0.2) is 23.6 Å². The average Bonchev–Trinajstić information content (AvgIpc) is 3.27. The second-order valence-electron chi connectivity index (χ2n) is 6.20. The summed E-state index contributed by atoms with van der Waals surface area (Å²) in [5.41, 5.74) is 6.40. The van der Waals surface area contributed by atoms with Crippen molar-refractivity contribution < 1.29 is 41.4 Å². The Morgan fingerprint density at radius 1 is 1.29 bits per heavy atom. The van der Waals surface area contributed by atoms with Gasteiger partial charge in [-0.3, -0.25) is 9.59 Å². The molecule has 1 aliphatic heterocycles. The third-order valence-corrected chi connectivity index (χ3v) is 4.69. The van der Waals surface area contributed by atoms with Gasteiger partial charge in [0.15, 0.2) is 16.8 Å². The first-order valence-electron chi connectivity index (χ1n) is 8.41. The fourth-order valence-electron chi connectivity index (χ4n) is 2.51. The molecule has 1 saturated heterocycles. The third kappa shape index (κ3) is 6.60. The number of nitrogens with two attached hydrogens (primary N) is 1. The number of carboxylic acids is 1. The Hall–Kier alpha value is -3.29. The quantitative estimate of drug-likeness (QED) is 0.594. The summed E-state index contributed by atoms with van der Waals surface area (Å²) in [5, 5.41) is 12.0. The number of nitrogens with one attached hydrogen (secondary N) is 1. The Morgan fingerprint density at radius 2 is 1.94 bits per heavy atom. The Labute approximate surface area is 175 Å². The van der Waals surface area contributed by atoms with Crippen molar-refractivity contribution in [1.29, 1.82) is 0 Å². The van der Waals surface area contributed by atoms with Crippen LogP contribution in [0.1, 0.15) is 12.1 Å². The molecule has 14 heteroatoms. The molecule has 31 heavy (non-hydrogen) atoms. The molecule has 1 aliphatic rings. The zero-order valence-corrected chi connectivity index (χ0v) is 16.3. The molecule has 4 N–H and O–H groups in total. The summed E-state index contributed by atoms with van der Waals surface area (Å²) in [6.07, 6.45) is -5.07. The topological polar surface area (TPSA) is 126 Å². The highest BCUT2D eigenvalue weighted by molar-refractivity contribution is 7.13. The number of aromatic nitrogens is 1. The van der Waals surface area contributed by atoms with Crippen molar-refractivity contribution in [1.82, 2.24) is 10.3 Å². The lowest BCUT2D eigenvalue weighted by Gasteiger charge is -2.16. The molecule has 0 radical (unpaired) electrons. The summed E-state index contributed by atoms with van der Waals surface area (Å²) >= 11 is 1.28. The first-order valence-corrected chi connectivity index (χ1v) is 9.29. The molecule has 168 valence electrons. The van der Waals surface area contributed by atoms with Crippen LogP contribution < -0.4 is 16.0 Å². The lowest BCUT2D eigenvalue weighted by Crippen LogP contribution is -2.32. The highest BCUT2D eigenvalue weighted by atomic mass is 32.1. The summed E-state index contributed by atoms with van der Waals surface area (Å²) in [4.78, 5) is 38.5. The monoisotopic (exact) mass is 466 g/mol. The van der Waals surface area contributed by atoms with E-state index < -0.39 is 29.7 Å². The zero-order valence-electron chi connectivity index (χ0n) is 15.4. The first kappa shape index (κ1) is 24.0. The summed E-state index contributed by atoms with van der Waals surface area (Å²) in [6, 6.07) is 3.22. The molecule has 2 heterocycles. The van der Waals surface area contributed by atoms with Gasteiger partial charge in [0.2, 0.25) is 11.8 Å². The van der Waals surface area contributed by atoms with E-state index in [0.29, 0.717) is 10.8 Å². The number of anilines is 2. The molecule has 2 aromatic rings. The molecule has 8 nitrogen and oxygen atoms in total. The van der Waals surface area contributed by atoms with Gasteiger partial charge >= 0.3 is 12.1 Å². The van der Waals surface area contributed by atoms with Crippen molar-refractivity contribution in [2.45, 2.75) is 19.1 Å². The van der Waals surface area contributed by atoms with Crippen LogP contribution in [-0.4, -0.2) is 40.6 Å². The van der Waals surface area contributed by atoms with Gasteiger partial charge < -0.3 is 21.1 Å². The van der Waals surface area contributed by atoms with E-state index in [1.54, 1.807) is 5.38 Å². The normalized spacial score (nSPS) is 16.0. The minimum atomic E-state index is -5.08. The minimum Gasteiger partial charge on any atom is -0.475 e. The molecule has 1 aromatic carbocycles. The van der Waals surface area contributed by atoms with E-state index in [1.165, 1.54) is 22.3 Å². The number of carbonyl (C=O) groups is 3. The number of carbonyl (C=O) groups excluding carboxylic acids is 2. The maximum absolute atomic E-state index is 13.3. The van der Waals surface area contributed by atoms with E-state index in [1.807, 2.05) is 0 Å². The largest absolute Gasteiger partial charge is 0.490 e. The van der Waals surface area contributed by atoms with Gasteiger partial charge in [-0.1, -0.05) is 0 Å². The minimum absolute atomic E-state index is 0.0179. The smallest absolute Gasteiger partial charge is 0.475 e. The number of hydrogen-bond acceptors (Lipinski definition) is 6. The molecule has 0 aliphatic carbocycles. The standard InChI is InChI=1S/C15H14F2N4O2S.C2HF3O2/c16-11-2-1-10(4-12(11)17)21-6-8(3-13(21)22)14(23)19-5-9-7-24-15(18)20-9;3-2(4,5)1(6)7/h1-2,4,7-8H,3,5-6H2,(H2,18,20)(H,19,23);(H,6,7). The van der Waals surface area contributed by atoms with Crippen molar-refractivity contribution >= 4 is 39.9 Å². The van der Waals surface area contributed by atoms with Crippen LogP contribution in [0.5, 0.6) is 0 Å². The number of aliphatic carboxylic acids is 1. The molecule has 2 amide bonds. The van der Waals surface area contributed by atoms with Gasteiger partial charge in [0.05, 0.1) is 18.2 Å². The van der Waals surface area contributed by atoms with Crippen LogP contribution in [0, 0.1) is 17.6 Å². The van der Waals surface area contributed by atoms with Crippen molar-refractivity contribution in [3.63, 3.8) is 0 Å². The molecule has 1 atom stereocenters. The van der Waals surface area contributed by atoms with E-state index in [-0.39, 0.29) is 37.0 Å². The van der Waals surface area contributed by atoms with Gasteiger partial charge in [-0.25, -0.2) is 18.6 Å². The molecule has 3 rings (SSSR count). The highest BCUT2D eigenvalue weighted by Gasteiger charge is 2.38. The van der Waals surface area contributed by atoms with Crippen molar-refractivity contribution in [3.8, 4) is 0 Å². The second-order valence-corrected chi connectivity index (χ2v) is 7.09. The van der Waals surface area contributed by atoms with Crippen LogP contribution >= 0.6 is 11.3 Å². The number of rotatable bonds is 4. The van der Waals surface area contributed by atoms with E-state index in [0.717, 1.165) is 12.1 Å². The number of hydrogen-bond donors (Lipinski definition) is 3. The molecular formula is C17H15F5N4O4S. The van der Waals surface area contributed by atoms with Crippen LogP contribution in [0.4, 0.5) is 32.8 Å². The van der Waals surface area contributed by atoms with E-state index >= 15 is 0 Å². The van der Waals surface area contributed by atoms with Crippen molar-refractivity contribution in [2.75, 3.05) is 17.2 Å². The van der Waals surface area contributed by atoms with Gasteiger partial charge in [-0.2, -0.15) is 13.2 Å². The van der Waals surface area contributed by atoms with Gasteiger partial charge in [-0.05, 0) is 12.1 Å². The van der Waals surface area contributed by atoms with Crippen LogP contribution in [0.25, 0.3) is 0 Å². The summed E-state index contributed by atoms with van der Waals surface area (Å²) < 4.78 is 58.0. The lowest BCUT2D eigenvalue weighted by atomic mass is 10.1. The molecular weight excluding hydrogens is 451 g/mol. The van der Waals surface area contributed by atoms with Crippen LogP contribution in [0.2, 0.25) is 0 Å². The lowest BCUT2D eigenvalue weighted by molar-refractivity contribution is -0.192. The number of carboxylic acid groups (broad SMARTS) is 1. The molecule has 0 bridgehead atoms. The van der Waals surface area contributed by atoms with E-state index in [9.17, 15) is 31.5 Å². The maximum Gasteiger partial charge on any atom is 0.490 e. The SMILES string of the molecule is Nc1nc(CNC(=O)C2CC(=O)N(c3ccc(F)c(F)c3)C2)cs1.O=C(O)C(F)(F)F. The van der Waals surface area contributed by atoms with Gasteiger partial charge in [0.25, 0.3) is 0 Å². The zero-order chi connectivity index (χ0) is 23.3. The first-order chi connectivity index (χ1) is 14.4. The number of amides is 2. The Kier molecular flexibility index (Phi) is 7.49. The fourth-order valence-corrected chi connectivity index (χ4v) is 3.07. The maximum atomic E-state index is 13.3. The van der Waals surface area contributed by atoms with Crippen LogP contribution in [-0.2, 0) is 20.9 Å². The van der Waals surface area contributed by atoms with Crippen molar-refractivity contribution in [2.24, 2.45) is 5.92 Å². The predicted octanol–water partition coefficient (Wildman–Crippen LogP) is 2.31. The third-order valence-electron chi connectivity index (χ3n) is 3.97. The summed E-state index contributed by atoms with van der Waals surface area (Å²) in [5.74, 6) is -5.93. The molecule has 0 spiro atoms. The number of alkyl halides is 3.